The molecule has 0 amide bonds. The molecule has 19 heavy (non-hydrogen) atoms. The van der Waals surface area contributed by atoms with Crippen molar-refractivity contribution in [1.82, 2.24) is 0 Å². The van der Waals surface area contributed by atoms with Crippen molar-refractivity contribution in [3.63, 3.8) is 0 Å². The molecule has 0 aromatic heterocycles. The second-order valence-corrected chi connectivity index (χ2v) is 4.21. The molecule has 0 bridgehead atoms. The highest BCUT2D eigenvalue weighted by Gasteiger charge is 2.09. The molecule has 2 aromatic rings. The Hall–Kier alpha value is -1.81. The summed E-state index contributed by atoms with van der Waals surface area (Å²) in [5.74, 6) is -0.641. The largest absolute Gasteiger partial charge is 0.494 e. The quantitative estimate of drug-likeness (QED) is 0.837. The van der Waals surface area contributed by atoms with Gasteiger partial charge < -0.3 is 9.47 Å². The summed E-state index contributed by atoms with van der Waals surface area (Å²) in [7, 11) is 1.39. The van der Waals surface area contributed by atoms with E-state index in [0.717, 1.165) is 6.07 Å². The SMILES string of the molecule is COc1cccc(COc2ccc(Cl)c(F)c2)c1F. The van der Waals surface area contributed by atoms with Gasteiger partial charge in [-0.2, -0.15) is 0 Å². The van der Waals surface area contributed by atoms with Crippen LogP contribution in [-0.2, 0) is 6.61 Å². The fraction of sp³-hybridized carbons (Fsp3) is 0.143. The predicted molar refractivity (Wildman–Crippen MR) is 68.7 cm³/mol. The van der Waals surface area contributed by atoms with Crippen molar-refractivity contribution in [2.75, 3.05) is 7.11 Å². The van der Waals surface area contributed by atoms with E-state index in [1.165, 1.54) is 25.3 Å². The van der Waals surface area contributed by atoms with Crippen LogP contribution in [0.2, 0.25) is 5.02 Å². The van der Waals surface area contributed by atoms with Crippen LogP contribution in [0.4, 0.5) is 8.78 Å². The Balaban J connectivity index is 2.12. The standard InChI is InChI=1S/C14H11ClF2O2/c1-18-13-4-2-3-9(14(13)17)8-19-10-5-6-11(15)12(16)7-10/h2-7H,8H2,1H3. The second-order valence-electron chi connectivity index (χ2n) is 3.80. The van der Waals surface area contributed by atoms with Crippen molar-refractivity contribution in [3.8, 4) is 11.5 Å². The van der Waals surface area contributed by atoms with Crippen molar-refractivity contribution in [2.45, 2.75) is 6.61 Å². The van der Waals surface area contributed by atoms with Crippen molar-refractivity contribution in [2.24, 2.45) is 0 Å². The molecule has 0 aliphatic heterocycles. The number of rotatable bonds is 4. The third-order valence-electron chi connectivity index (χ3n) is 2.55. The van der Waals surface area contributed by atoms with Gasteiger partial charge >= 0.3 is 0 Å². The van der Waals surface area contributed by atoms with Crippen molar-refractivity contribution < 1.29 is 18.3 Å². The Morgan fingerprint density at radius 3 is 2.63 bits per heavy atom. The third kappa shape index (κ3) is 3.15. The van der Waals surface area contributed by atoms with Gasteiger partial charge in [0.15, 0.2) is 11.6 Å². The summed E-state index contributed by atoms with van der Waals surface area (Å²) >= 11 is 5.56. The summed E-state index contributed by atoms with van der Waals surface area (Å²) < 4.78 is 37.2. The van der Waals surface area contributed by atoms with Crippen LogP contribution in [0.15, 0.2) is 36.4 Å². The third-order valence-corrected chi connectivity index (χ3v) is 2.86. The molecular formula is C14H11ClF2O2. The smallest absolute Gasteiger partial charge is 0.171 e. The highest BCUT2D eigenvalue weighted by molar-refractivity contribution is 6.30. The van der Waals surface area contributed by atoms with Gasteiger partial charge in [0.1, 0.15) is 18.2 Å². The maximum absolute atomic E-state index is 13.8. The first-order valence-corrected chi connectivity index (χ1v) is 5.89. The first-order valence-electron chi connectivity index (χ1n) is 5.51. The topological polar surface area (TPSA) is 18.5 Å². The number of methoxy groups -OCH3 is 1. The second kappa shape index (κ2) is 5.89. The van der Waals surface area contributed by atoms with Gasteiger partial charge in [-0.1, -0.05) is 23.7 Å². The highest BCUT2D eigenvalue weighted by atomic mass is 35.5. The van der Waals surface area contributed by atoms with Gasteiger partial charge in [-0.15, -0.1) is 0 Å². The average molecular weight is 285 g/mol. The molecule has 0 spiro atoms. The molecule has 100 valence electrons. The molecule has 0 radical (unpaired) electrons. The molecule has 0 aliphatic rings. The molecule has 0 unspecified atom stereocenters. The van der Waals surface area contributed by atoms with Crippen LogP contribution >= 0.6 is 11.6 Å². The summed E-state index contributed by atoms with van der Waals surface area (Å²) in [5, 5.41) is 0.0138. The number of hydrogen-bond donors (Lipinski definition) is 0. The number of ether oxygens (including phenoxy) is 2. The fourth-order valence-electron chi connectivity index (χ4n) is 1.55. The maximum Gasteiger partial charge on any atom is 0.171 e. The molecule has 0 fully saturated rings. The van der Waals surface area contributed by atoms with E-state index in [4.69, 9.17) is 21.1 Å². The van der Waals surface area contributed by atoms with Gasteiger partial charge in [-0.05, 0) is 18.2 Å². The summed E-state index contributed by atoms with van der Waals surface area (Å²) in [5.41, 5.74) is 0.328. The molecule has 0 aliphatic carbocycles. The maximum atomic E-state index is 13.8. The molecule has 0 N–H and O–H groups in total. The zero-order valence-corrected chi connectivity index (χ0v) is 10.9. The van der Waals surface area contributed by atoms with Gasteiger partial charge in [0.05, 0.1) is 12.1 Å². The molecule has 2 rings (SSSR count). The van der Waals surface area contributed by atoms with Crippen molar-refractivity contribution in [3.05, 3.63) is 58.6 Å². The van der Waals surface area contributed by atoms with Gasteiger partial charge in [-0.25, -0.2) is 8.78 Å². The molecular weight excluding hydrogens is 274 g/mol. The number of halogens is 3. The zero-order valence-electron chi connectivity index (χ0n) is 10.1. The fourth-order valence-corrected chi connectivity index (χ4v) is 1.67. The Morgan fingerprint density at radius 1 is 1.16 bits per heavy atom. The minimum absolute atomic E-state index is 0.0138. The first kappa shape index (κ1) is 13.6. The Labute approximate surface area is 114 Å². The Kier molecular flexibility index (Phi) is 4.22. The minimum Gasteiger partial charge on any atom is -0.494 e. The van der Waals surface area contributed by atoms with Crippen LogP contribution in [-0.4, -0.2) is 7.11 Å². The summed E-state index contributed by atoms with van der Waals surface area (Å²) in [6.45, 7) is -0.0237. The van der Waals surface area contributed by atoms with E-state index in [2.05, 4.69) is 0 Å². The lowest BCUT2D eigenvalue weighted by molar-refractivity contribution is 0.294. The first-order chi connectivity index (χ1) is 9.11. The van der Waals surface area contributed by atoms with Gasteiger partial charge in [0.2, 0.25) is 0 Å². The molecule has 0 saturated carbocycles. The average Bonchev–Trinajstić information content (AvgIpc) is 2.41. The van der Waals surface area contributed by atoms with E-state index in [1.807, 2.05) is 0 Å². The molecule has 0 saturated heterocycles. The molecule has 0 heterocycles. The zero-order chi connectivity index (χ0) is 13.8. The number of hydrogen-bond acceptors (Lipinski definition) is 2. The highest BCUT2D eigenvalue weighted by Crippen LogP contribution is 2.24. The van der Waals surface area contributed by atoms with Crippen LogP contribution < -0.4 is 9.47 Å². The van der Waals surface area contributed by atoms with Crippen LogP contribution in [0.3, 0.4) is 0 Å². The van der Waals surface area contributed by atoms with E-state index in [1.54, 1.807) is 12.1 Å². The lowest BCUT2D eigenvalue weighted by Gasteiger charge is -2.09. The molecule has 5 heteroatoms. The van der Waals surface area contributed by atoms with Gasteiger partial charge in [0.25, 0.3) is 0 Å². The van der Waals surface area contributed by atoms with Gasteiger partial charge in [-0.3, -0.25) is 0 Å². The van der Waals surface area contributed by atoms with Crippen molar-refractivity contribution >= 4 is 11.6 Å². The van der Waals surface area contributed by atoms with E-state index < -0.39 is 11.6 Å². The van der Waals surface area contributed by atoms with Crippen LogP contribution in [0.5, 0.6) is 11.5 Å². The number of benzene rings is 2. The van der Waals surface area contributed by atoms with Crippen LogP contribution in [0, 0.1) is 11.6 Å². The molecule has 0 atom stereocenters. The monoisotopic (exact) mass is 284 g/mol. The van der Waals surface area contributed by atoms with E-state index in [0.29, 0.717) is 5.56 Å². The van der Waals surface area contributed by atoms with Crippen LogP contribution in [0.1, 0.15) is 5.56 Å². The van der Waals surface area contributed by atoms with E-state index in [-0.39, 0.29) is 23.1 Å². The summed E-state index contributed by atoms with van der Waals surface area (Å²) in [6, 6.07) is 8.80. The predicted octanol–water partition coefficient (Wildman–Crippen LogP) is 4.21. The van der Waals surface area contributed by atoms with Gasteiger partial charge in [0, 0.05) is 11.6 Å². The minimum atomic E-state index is -0.578. The Morgan fingerprint density at radius 2 is 1.95 bits per heavy atom. The molecule has 2 nitrogen and oxygen atoms in total. The Bertz CT molecular complexity index is 588. The summed E-state index contributed by atoms with van der Waals surface area (Å²) in [6.07, 6.45) is 0. The van der Waals surface area contributed by atoms with E-state index >= 15 is 0 Å². The normalized spacial score (nSPS) is 10.3. The van der Waals surface area contributed by atoms with Crippen molar-refractivity contribution in [1.29, 1.82) is 0 Å². The lowest BCUT2D eigenvalue weighted by Crippen LogP contribution is -2.00. The molecule has 2 aromatic carbocycles. The van der Waals surface area contributed by atoms with Crippen LogP contribution in [0.25, 0.3) is 0 Å². The lowest BCUT2D eigenvalue weighted by atomic mass is 10.2. The van der Waals surface area contributed by atoms with E-state index in [9.17, 15) is 8.78 Å². The summed E-state index contributed by atoms with van der Waals surface area (Å²) in [4.78, 5) is 0.